The van der Waals surface area contributed by atoms with Crippen LogP contribution in [0.4, 0.5) is 4.39 Å². The SMILES string of the molecule is O=c1c2cc(Cc3ccc(F)cc3)c3ccccc3c2ncn1[C@H]1CCOC[C@@H]1O. The van der Waals surface area contributed by atoms with E-state index in [1.54, 1.807) is 12.1 Å². The molecule has 30 heavy (non-hydrogen) atoms. The van der Waals surface area contributed by atoms with Crippen molar-refractivity contribution in [3.63, 3.8) is 0 Å². The fraction of sp³-hybridized carbons (Fsp3) is 0.250. The van der Waals surface area contributed by atoms with Crippen molar-refractivity contribution >= 4 is 21.7 Å². The van der Waals surface area contributed by atoms with Gasteiger partial charge in [0.1, 0.15) is 5.82 Å². The maximum absolute atomic E-state index is 13.4. The average molecular weight is 404 g/mol. The van der Waals surface area contributed by atoms with Gasteiger partial charge >= 0.3 is 0 Å². The molecule has 5 nitrogen and oxygen atoms in total. The molecule has 0 radical (unpaired) electrons. The second kappa shape index (κ2) is 7.63. The van der Waals surface area contributed by atoms with Gasteiger partial charge in [0.05, 0.1) is 36.0 Å². The van der Waals surface area contributed by atoms with E-state index in [2.05, 4.69) is 4.98 Å². The fourth-order valence-corrected chi connectivity index (χ4v) is 4.29. The summed E-state index contributed by atoms with van der Waals surface area (Å²) in [6.45, 7) is 0.711. The molecule has 1 N–H and O–H groups in total. The zero-order valence-corrected chi connectivity index (χ0v) is 16.3. The van der Waals surface area contributed by atoms with Gasteiger partial charge in [0, 0.05) is 12.0 Å². The highest BCUT2D eigenvalue weighted by molar-refractivity contribution is 6.06. The van der Waals surface area contributed by atoms with E-state index >= 15 is 0 Å². The summed E-state index contributed by atoms with van der Waals surface area (Å²) in [5.74, 6) is -0.274. The first-order valence-corrected chi connectivity index (χ1v) is 10.0. The molecule has 1 aromatic heterocycles. The molecular formula is C24H21FN2O3. The molecule has 2 heterocycles. The van der Waals surface area contributed by atoms with Crippen molar-refractivity contribution < 1.29 is 14.2 Å². The largest absolute Gasteiger partial charge is 0.389 e. The van der Waals surface area contributed by atoms with Crippen LogP contribution in [0.15, 0.2) is 65.7 Å². The Balaban J connectivity index is 1.70. The van der Waals surface area contributed by atoms with Crippen molar-refractivity contribution in [2.45, 2.75) is 25.0 Å². The Bertz CT molecular complexity index is 1280. The van der Waals surface area contributed by atoms with Gasteiger partial charge < -0.3 is 9.84 Å². The number of aliphatic hydroxyl groups is 1. The maximum atomic E-state index is 13.4. The van der Waals surface area contributed by atoms with Crippen molar-refractivity contribution in [1.82, 2.24) is 9.55 Å². The second-order valence-electron chi connectivity index (χ2n) is 7.74. The smallest absolute Gasteiger partial charge is 0.261 e. The maximum Gasteiger partial charge on any atom is 0.261 e. The number of nitrogens with zero attached hydrogens (tertiary/aromatic N) is 2. The van der Waals surface area contributed by atoms with E-state index < -0.39 is 6.10 Å². The Kier molecular flexibility index (Phi) is 4.81. The first-order chi connectivity index (χ1) is 14.6. The summed E-state index contributed by atoms with van der Waals surface area (Å²) in [6, 6.07) is 15.8. The molecule has 0 aliphatic carbocycles. The van der Waals surface area contributed by atoms with Crippen LogP contribution in [0.3, 0.4) is 0 Å². The van der Waals surface area contributed by atoms with Crippen LogP contribution in [0.5, 0.6) is 0 Å². The molecule has 0 spiro atoms. The van der Waals surface area contributed by atoms with Crippen molar-refractivity contribution in [2.75, 3.05) is 13.2 Å². The fourth-order valence-electron chi connectivity index (χ4n) is 4.29. The lowest BCUT2D eigenvalue weighted by molar-refractivity contribution is -0.0395. The molecule has 1 aliphatic heterocycles. The minimum atomic E-state index is -0.741. The first kappa shape index (κ1) is 18.9. The second-order valence-corrected chi connectivity index (χ2v) is 7.74. The van der Waals surface area contributed by atoms with Crippen molar-refractivity contribution in [3.05, 3.63) is 88.2 Å². The number of ether oxygens (including phenoxy) is 1. The quantitative estimate of drug-likeness (QED) is 0.530. The van der Waals surface area contributed by atoms with Gasteiger partial charge in [0.15, 0.2) is 0 Å². The third-order valence-corrected chi connectivity index (χ3v) is 5.83. The van der Waals surface area contributed by atoms with E-state index in [0.29, 0.717) is 30.4 Å². The van der Waals surface area contributed by atoms with Gasteiger partial charge in [0.25, 0.3) is 5.56 Å². The molecule has 1 saturated heterocycles. The van der Waals surface area contributed by atoms with Gasteiger partial charge in [-0.2, -0.15) is 0 Å². The zero-order valence-electron chi connectivity index (χ0n) is 16.3. The third-order valence-electron chi connectivity index (χ3n) is 5.83. The van der Waals surface area contributed by atoms with E-state index in [-0.39, 0.29) is 24.0 Å². The molecular weight excluding hydrogens is 383 g/mol. The monoisotopic (exact) mass is 404 g/mol. The number of benzene rings is 3. The first-order valence-electron chi connectivity index (χ1n) is 10.0. The summed E-state index contributed by atoms with van der Waals surface area (Å²) in [4.78, 5) is 18.0. The zero-order chi connectivity index (χ0) is 20.7. The van der Waals surface area contributed by atoms with Gasteiger partial charge in [0.2, 0.25) is 0 Å². The highest BCUT2D eigenvalue weighted by Crippen LogP contribution is 2.28. The topological polar surface area (TPSA) is 64.4 Å². The number of hydrogen-bond acceptors (Lipinski definition) is 4. The highest BCUT2D eigenvalue weighted by atomic mass is 19.1. The molecule has 1 fully saturated rings. The summed E-state index contributed by atoms with van der Waals surface area (Å²) < 4.78 is 20.1. The lowest BCUT2D eigenvalue weighted by Gasteiger charge is -2.29. The van der Waals surface area contributed by atoms with Crippen LogP contribution >= 0.6 is 0 Å². The molecule has 3 aromatic carbocycles. The van der Waals surface area contributed by atoms with Gasteiger partial charge in [-0.1, -0.05) is 36.4 Å². The number of hydrogen-bond donors (Lipinski definition) is 1. The van der Waals surface area contributed by atoms with Crippen molar-refractivity contribution in [3.8, 4) is 0 Å². The third kappa shape index (κ3) is 3.28. The molecule has 4 aromatic rings. The Labute approximate surface area is 172 Å². The minimum absolute atomic E-state index is 0.169. The number of halogens is 1. The molecule has 0 amide bonds. The summed E-state index contributed by atoms with van der Waals surface area (Å²) in [7, 11) is 0. The Morgan fingerprint density at radius 2 is 1.87 bits per heavy atom. The van der Waals surface area contributed by atoms with Gasteiger partial charge in [-0.15, -0.1) is 0 Å². The molecule has 152 valence electrons. The van der Waals surface area contributed by atoms with Crippen LogP contribution in [0.1, 0.15) is 23.6 Å². The Morgan fingerprint density at radius 1 is 1.10 bits per heavy atom. The van der Waals surface area contributed by atoms with Crippen LogP contribution in [0.25, 0.3) is 21.7 Å². The molecule has 6 heteroatoms. The normalized spacial score (nSPS) is 19.4. The highest BCUT2D eigenvalue weighted by Gasteiger charge is 2.27. The predicted molar refractivity (Wildman–Crippen MR) is 113 cm³/mol. The summed E-state index contributed by atoms with van der Waals surface area (Å²) in [5.41, 5.74) is 2.42. The van der Waals surface area contributed by atoms with Crippen molar-refractivity contribution in [2.24, 2.45) is 0 Å². The van der Waals surface area contributed by atoms with Gasteiger partial charge in [-0.05, 0) is 47.6 Å². The molecule has 2 atom stereocenters. The standard InChI is InChI=1S/C24H21FN2O3/c25-17-7-5-15(6-8-17)11-16-12-20-23(19-4-2-1-3-18(16)19)26-14-27(24(20)29)21-9-10-30-13-22(21)28/h1-8,12,14,21-22,28H,9-11,13H2/t21-,22-/m0/s1. The molecule has 0 bridgehead atoms. The van der Waals surface area contributed by atoms with Crippen LogP contribution in [0.2, 0.25) is 0 Å². The van der Waals surface area contributed by atoms with E-state index in [1.165, 1.54) is 23.0 Å². The number of rotatable bonds is 3. The van der Waals surface area contributed by atoms with Crippen molar-refractivity contribution in [1.29, 1.82) is 0 Å². The Hall–Kier alpha value is -3.09. The Morgan fingerprint density at radius 3 is 2.63 bits per heavy atom. The average Bonchev–Trinajstić information content (AvgIpc) is 2.77. The molecule has 0 saturated carbocycles. The van der Waals surface area contributed by atoms with Crippen LogP contribution in [-0.2, 0) is 11.2 Å². The molecule has 5 rings (SSSR count). The van der Waals surface area contributed by atoms with Crippen LogP contribution in [-0.4, -0.2) is 34.0 Å². The number of fused-ring (bicyclic) bond motifs is 3. The molecule has 0 unspecified atom stereocenters. The van der Waals surface area contributed by atoms with E-state index in [4.69, 9.17) is 4.74 Å². The minimum Gasteiger partial charge on any atom is -0.389 e. The van der Waals surface area contributed by atoms with Crippen LogP contribution in [0, 0.1) is 5.82 Å². The summed E-state index contributed by atoms with van der Waals surface area (Å²) >= 11 is 0. The molecule has 1 aliphatic rings. The van der Waals surface area contributed by atoms with Gasteiger partial charge in [-0.25, -0.2) is 9.37 Å². The summed E-state index contributed by atoms with van der Waals surface area (Å²) in [6.07, 6.45) is 1.93. The van der Waals surface area contributed by atoms with E-state index in [1.807, 2.05) is 30.3 Å². The predicted octanol–water partition coefficient (Wildman–Crippen LogP) is 3.60. The van der Waals surface area contributed by atoms with Crippen LogP contribution < -0.4 is 5.56 Å². The lowest BCUT2D eigenvalue weighted by atomic mass is 9.96. The summed E-state index contributed by atoms with van der Waals surface area (Å²) in [5, 5.41) is 12.8. The van der Waals surface area contributed by atoms with E-state index in [9.17, 15) is 14.3 Å². The lowest BCUT2D eigenvalue weighted by Crippen LogP contribution is -2.39. The van der Waals surface area contributed by atoms with Gasteiger partial charge in [-0.3, -0.25) is 9.36 Å². The van der Waals surface area contributed by atoms with E-state index in [0.717, 1.165) is 21.9 Å². The number of aromatic nitrogens is 2. The number of aliphatic hydroxyl groups excluding tert-OH is 1.